The van der Waals surface area contributed by atoms with E-state index in [1.165, 1.54) is 0 Å². The zero-order valence-corrected chi connectivity index (χ0v) is 9.67. The van der Waals surface area contributed by atoms with E-state index in [1.807, 2.05) is 0 Å². The van der Waals surface area contributed by atoms with Crippen molar-refractivity contribution in [3.8, 4) is 0 Å². The van der Waals surface area contributed by atoms with Crippen LogP contribution in [0, 0.1) is 5.41 Å². The van der Waals surface area contributed by atoms with E-state index >= 15 is 0 Å². The highest BCUT2D eigenvalue weighted by Gasteiger charge is 2.32. The van der Waals surface area contributed by atoms with Crippen LogP contribution in [-0.2, 0) is 14.3 Å². The number of esters is 1. The molecule has 86 valence electrons. The van der Waals surface area contributed by atoms with Gasteiger partial charge in [-0.05, 0) is 26.2 Å². The molecule has 1 aliphatic heterocycles. The number of rotatable bonds is 6. The summed E-state index contributed by atoms with van der Waals surface area (Å²) >= 11 is 0. The third-order valence-electron chi connectivity index (χ3n) is 2.66. The lowest BCUT2D eigenvalue weighted by Crippen LogP contribution is -2.39. The molecule has 0 aromatic carbocycles. The standard InChI is InChI=1S/C12H20O3/c1-10(2)11(13)15-7-5-4-6-12(3)8-14-9-12/h1,4-9H2,2-3H3. The predicted octanol–water partition coefficient (Wildman–Crippen LogP) is 2.31. The van der Waals surface area contributed by atoms with Gasteiger partial charge in [-0.3, -0.25) is 0 Å². The summed E-state index contributed by atoms with van der Waals surface area (Å²) in [5.74, 6) is -0.284. The molecule has 0 spiro atoms. The van der Waals surface area contributed by atoms with Crippen molar-refractivity contribution in [2.45, 2.75) is 33.1 Å². The number of hydrogen-bond donors (Lipinski definition) is 0. The Kier molecular flexibility index (Phi) is 4.33. The second kappa shape index (κ2) is 5.31. The van der Waals surface area contributed by atoms with Gasteiger partial charge in [-0.2, -0.15) is 0 Å². The summed E-state index contributed by atoms with van der Waals surface area (Å²) in [7, 11) is 0. The van der Waals surface area contributed by atoms with Gasteiger partial charge in [-0.1, -0.05) is 13.5 Å². The smallest absolute Gasteiger partial charge is 0.333 e. The first kappa shape index (κ1) is 12.2. The molecule has 15 heavy (non-hydrogen) atoms. The minimum atomic E-state index is -0.284. The van der Waals surface area contributed by atoms with E-state index in [0.29, 0.717) is 17.6 Å². The van der Waals surface area contributed by atoms with E-state index in [4.69, 9.17) is 9.47 Å². The van der Waals surface area contributed by atoms with E-state index in [9.17, 15) is 4.79 Å². The van der Waals surface area contributed by atoms with E-state index in [0.717, 1.165) is 32.5 Å². The second-order valence-corrected chi connectivity index (χ2v) is 4.68. The van der Waals surface area contributed by atoms with Gasteiger partial charge >= 0.3 is 5.97 Å². The minimum absolute atomic E-state index is 0.284. The van der Waals surface area contributed by atoms with E-state index < -0.39 is 0 Å². The molecule has 0 atom stereocenters. The van der Waals surface area contributed by atoms with Gasteiger partial charge in [-0.25, -0.2) is 4.79 Å². The van der Waals surface area contributed by atoms with Crippen molar-refractivity contribution in [3.63, 3.8) is 0 Å². The van der Waals surface area contributed by atoms with Crippen LogP contribution >= 0.6 is 0 Å². The van der Waals surface area contributed by atoms with Crippen molar-refractivity contribution in [2.24, 2.45) is 5.41 Å². The van der Waals surface area contributed by atoms with Crippen molar-refractivity contribution >= 4 is 5.97 Å². The Bertz CT molecular complexity index is 241. The topological polar surface area (TPSA) is 35.5 Å². The van der Waals surface area contributed by atoms with Gasteiger partial charge in [0.1, 0.15) is 0 Å². The number of unbranched alkanes of at least 4 members (excludes halogenated alkanes) is 1. The number of hydrogen-bond acceptors (Lipinski definition) is 3. The molecular weight excluding hydrogens is 192 g/mol. The highest BCUT2D eigenvalue weighted by atomic mass is 16.5. The Labute approximate surface area is 91.4 Å². The van der Waals surface area contributed by atoms with Crippen LogP contribution < -0.4 is 0 Å². The molecule has 1 rings (SSSR count). The molecule has 1 heterocycles. The molecule has 0 saturated carbocycles. The zero-order chi connectivity index (χ0) is 11.3. The number of carbonyl (C=O) groups excluding carboxylic acids is 1. The predicted molar refractivity (Wildman–Crippen MR) is 58.6 cm³/mol. The maximum Gasteiger partial charge on any atom is 0.333 e. The monoisotopic (exact) mass is 212 g/mol. The summed E-state index contributed by atoms with van der Waals surface area (Å²) in [6.45, 7) is 9.67. The van der Waals surface area contributed by atoms with Crippen LogP contribution in [0.3, 0.4) is 0 Å². The van der Waals surface area contributed by atoms with Crippen molar-refractivity contribution in [1.29, 1.82) is 0 Å². The minimum Gasteiger partial charge on any atom is -0.462 e. The van der Waals surface area contributed by atoms with Gasteiger partial charge < -0.3 is 9.47 Å². The van der Waals surface area contributed by atoms with Gasteiger partial charge in [0.15, 0.2) is 0 Å². The fourth-order valence-corrected chi connectivity index (χ4v) is 1.54. The molecule has 1 aliphatic rings. The Balaban J connectivity index is 1.97. The van der Waals surface area contributed by atoms with Crippen LogP contribution in [0.25, 0.3) is 0 Å². The van der Waals surface area contributed by atoms with Crippen molar-refractivity contribution < 1.29 is 14.3 Å². The van der Waals surface area contributed by atoms with E-state index in [1.54, 1.807) is 6.92 Å². The highest BCUT2D eigenvalue weighted by Crippen LogP contribution is 2.32. The van der Waals surface area contributed by atoms with Crippen LogP contribution in [-0.4, -0.2) is 25.8 Å². The largest absolute Gasteiger partial charge is 0.462 e. The lowest BCUT2D eigenvalue weighted by atomic mass is 9.83. The summed E-state index contributed by atoms with van der Waals surface area (Å²) in [4.78, 5) is 11.0. The molecule has 0 aromatic rings. The molecular formula is C12H20O3. The van der Waals surface area contributed by atoms with Crippen LogP contribution in [0.4, 0.5) is 0 Å². The Morgan fingerprint density at radius 2 is 2.13 bits per heavy atom. The summed E-state index contributed by atoms with van der Waals surface area (Å²) < 4.78 is 10.2. The maximum absolute atomic E-state index is 11.0. The van der Waals surface area contributed by atoms with Gasteiger partial charge in [0.2, 0.25) is 0 Å². The fourth-order valence-electron chi connectivity index (χ4n) is 1.54. The van der Waals surface area contributed by atoms with E-state index in [-0.39, 0.29) is 5.97 Å². The van der Waals surface area contributed by atoms with Crippen LogP contribution in [0.5, 0.6) is 0 Å². The molecule has 0 bridgehead atoms. The normalized spacial score (nSPS) is 18.0. The maximum atomic E-state index is 11.0. The summed E-state index contributed by atoms with van der Waals surface area (Å²) in [5.41, 5.74) is 0.840. The van der Waals surface area contributed by atoms with Gasteiger partial charge in [-0.15, -0.1) is 0 Å². The molecule has 0 aliphatic carbocycles. The quantitative estimate of drug-likeness (QED) is 0.385. The van der Waals surface area contributed by atoms with Crippen molar-refractivity contribution in [1.82, 2.24) is 0 Å². The lowest BCUT2D eigenvalue weighted by Gasteiger charge is -2.38. The van der Waals surface area contributed by atoms with Gasteiger partial charge in [0, 0.05) is 11.0 Å². The van der Waals surface area contributed by atoms with Gasteiger partial charge in [0.05, 0.1) is 19.8 Å². The Hall–Kier alpha value is -0.830. The first-order chi connectivity index (χ1) is 7.03. The van der Waals surface area contributed by atoms with Crippen LogP contribution in [0.2, 0.25) is 0 Å². The van der Waals surface area contributed by atoms with Crippen LogP contribution in [0.1, 0.15) is 33.1 Å². The highest BCUT2D eigenvalue weighted by molar-refractivity contribution is 5.86. The van der Waals surface area contributed by atoms with E-state index in [2.05, 4.69) is 13.5 Å². The molecule has 0 unspecified atom stereocenters. The SMILES string of the molecule is C=C(C)C(=O)OCCCCC1(C)COC1. The first-order valence-corrected chi connectivity index (χ1v) is 5.44. The fraction of sp³-hybridized carbons (Fsp3) is 0.750. The summed E-state index contributed by atoms with van der Waals surface area (Å²) in [5, 5.41) is 0. The summed E-state index contributed by atoms with van der Waals surface area (Å²) in [6, 6.07) is 0. The summed E-state index contributed by atoms with van der Waals surface area (Å²) in [6.07, 6.45) is 3.16. The molecule has 3 heteroatoms. The zero-order valence-electron chi connectivity index (χ0n) is 9.67. The molecule has 0 radical (unpaired) electrons. The van der Waals surface area contributed by atoms with Crippen molar-refractivity contribution in [3.05, 3.63) is 12.2 Å². The third-order valence-corrected chi connectivity index (χ3v) is 2.66. The first-order valence-electron chi connectivity index (χ1n) is 5.44. The molecule has 0 amide bonds. The second-order valence-electron chi connectivity index (χ2n) is 4.68. The number of carbonyl (C=O) groups is 1. The average Bonchev–Trinajstić information content (AvgIpc) is 2.14. The molecule has 0 N–H and O–H groups in total. The lowest BCUT2D eigenvalue weighted by molar-refractivity contribution is -0.139. The van der Waals surface area contributed by atoms with Crippen molar-refractivity contribution in [2.75, 3.05) is 19.8 Å². The van der Waals surface area contributed by atoms with Crippen LogP contribution in [0.15, 0.2) is 12.2 Å². The molecule has 1 fully saturated rings. The third kappa shape index (κ3) is 4.04. The number of ether oxygens (including phenoxy) is 2. The van der Waals surface area contributed by atoms with Gasteiger partial charge in [0.25, 0.3) is 0 Å². The Morgan fingerprint density at radius 1 is 1.47 bits per heavy atom. The molecule has 3 nitrogen and oxygen atoms in total. The Morgan fingerprint density at radius 3 is 2.60 bits per heavy atom. The average molecular weight is 212 g/mol. The molecule has 1 saturated heterocycles. The molecule has 0 aromatic heterocycles.